The number of benzene rings is 1. The van der Waals surface area contributed by atoms with E-state index >= 15 is 0 Å². The molecule has 1 aromatic carbocycles. The van der Waals surface area contributed by atoms with Gasteiger partial charge in [-0.1, -0.05) is 31.9 Å². The van der Waals surface area contributed by atoms with E-state index in [0.29, 0.717) is 17.1 Å². The summed E-state index contributed by atoms with van der Waals surface area (Å²) in [5.41, 5.74) is 0.855. The average Bonchev–Trinajstić information content (AvgIpc) is 3.08. The van der Waals surface area contributed by atoms with Gasteiger partial charge in [0, 0.05) is 13.1 Å². The minimum Gasteiger partial charge on any atom is -0.375 e. The molecule has 0 unspecified atom stereocenters. The maximum Gasteiger partial charge on any atom is 0.180 e. The second-order valence-corrected chi connectivity index (χ2v) is 8.85. The third kappa shape index (κ3) is 3.89. The van der Waals surface area contributed by atoms with E-state index in [1.54, 1.807) is 13.0 Å². The Balaban J connectivity index is 1.66. The molecule has 1 saturated carbocycles. The van der Waals surface area contributed by atoms with Crippen molar-refractivity contribution < 1.29 is 13.2 Å². The highest BCUT2D eigenvalue weighted by Crippen LogP contribution is 2.30. The summed E-state index contributed by atoms with van der Waals surface area (Å²) in [5.74, 6) is 0.144. The van der Waals surface area contributed by atoms with Gasteiger partial charge in [-0.25, -0.2) is 8.42 Å². The molecule has 1 aromatic rings. The van der Waals surface area contributed by atoms with Crippen LogP contribution in [0.5, 0.6) is 0 Å². The number of sulfone groups is 1. The summed E-state index contributed by atoms with van der Waals surface area (Å²) in [4.78, 5) is 2.68. The number of rotatable bonds is 5. The molecule has 0 atom stereocenters. The normalized spacial score (nSPS) is 21.0. The van der Waals surface area contributed by atoms with Crippen LogP contribution in [0.2, 0.25) is 0 Å². The first kappa shape index (κ1) is 16.8. The summed E-state index contributed by atoms with van der Waals surface area (Å²) in [7, 11) is -3.18. The van der Waals surface area contributed by atoms with Crippen molar-refractivity contribution in [2.45, 2.75) is 62.6 Å². The van der Waals surface area contributed by atoms with Crippen molar-refractivity contribution in [3.8, 4) is 0 Å². The molecule has 128 valence electrons. The SMILES string of the molecule is CCS(=O)(=O)c1ccccc1N1CCC(OC2CCCC2)CC1. The lowest BCUT2D eigenvalue weighted by Gasteiger charge is -2.35. The van der Waals surface area contributed by atoms with Crippen LogP contribution in [0.15, 0.2) is 29.2 Å². The van der Waals surface area contributed by atoms with Gasteiger partial charge in [0.05, 0.1) is 28.5 Å². The van der Waals surface area contributed by atoms with Gasteiger partial charge in [-0.3, -0.25) is 0 Å². The molecular weight excluding hydrogens is 310 g/mol. The molecule has 1 aliphatic heterocycles. The average molecular weight is 337 g/mol. The largest absolute Gasteiger partial charge is 0.375 e. The molecule has 5 heteroatoms. The molecule has 2 aliphatic rings. The molecule has 0 radical (unpaired) electrons. The molecule has 0 bridgehead atoms. The number of hydrogen-bond donors (Lipinski definition) is 0. The van der Waals surface area contributed by atoms with E-state index in [0.717, 1.165) is 31.6 Å². The Bertz CT molecular complexity index is 615. The predicted octanol–water partition coefficient (Wildman–Crippen LogP) is 3.41. The van der Waals surface area contributed by atoms with E-state index in [2.05, 4.69) is 4.90 Å². The van der Waals surface area contributed by atoms with E-state index in [9.17, 15) is 8.42 Å². The van der Waals surface area contributed by atoms with Gasteiger partial charge in [-0.2, -0.15) is 0 Å². The van der Waals surface area contributed by atoms with Gasteiger partial charge >= 0.3 is 0 Å². The molecule has 1 aliphatic carbocycles. The van der Waals surface area contributed by atoms with Crippen LogP contribution in [0.4, 0.5) is 5.69 Å². The second kappa shape index (κ2) is 7.22. The zero-order chi connectivity index (χ0) is 16.3. The van der Waals surface area contributed by atoms with E-state index in [-0.39, 0.29) is 5.75 Å². The van der Waals surface area contributed by atoms with Crippen molar-refractivity contribution in [1.82, 2.24) is 0 Å². The van der Waals surface area contributed by atoms with Crippen molar-refractivity contribution in [3.63, 3.8) is 0 Å². The van der Waals surface area contributed by atoms with Crippen molar-refractivity contribution in [2.75, 3.05) is 23.7 Å². The van der Waals surface area contributed by atoms with Gasteiger partial charge in [0.15, 0.2) is 9.84 Å². The fourth-order valence-corrected chi connectivity index (χ4v) is 4.78. The Labute approximate surface area is 139 Å². The van der Waals surface area contributed by atoms with Gasteiger partial charge in [0.1, 0.15) is 0 Å². The van der Waals surface area contributed by atoms with Crippen LogP contribution in [-0.4, -0.2) is 39.5 Å². The van der Waals surface area contributed by atoms with Crippen molar-refractivity contribution in [2.24, 2.45) is 0 Å². The lowest BCUT2D eigenvalue weighted by atomic mass is 10.1. The van der Waals surface area contributed by atoms with Crippen LogP contribution in [-0.2, 0) is 14.6 Å². The van der Waals surface area contributed by atoms with E-state index in [1.165, 1.54) is 25.7 Å². The smallest absolute Gasteiger partial charge is 0.180 e. The van der Waals surface area contributed by atoms with Crippen molar-refractivity contribution >= 4 is 15.5 Å². The fourth-order valence-electron chi connectivity index (χ4n) is 3.67. The zero-order valence-corrected chi connectivity index (χ0v) is 14.7. The number of ether oxygens (including phenoxy) is 1. The third-order valence-electron chi connectivity index (χ3n) is 5.05. The number of piperidine rings is 1. The second-order valence-electron chi connectivity index (χ2n) is 6.60. The molecule has 2 fully saturated rings. The Hall–Kier alpha value is -1.07. The molecule has 1 heterocycles. The van der Waals surface area contributed by atoms with E-state index in [4.69, 9.17) is 4.74 Å². The van der Waals surface area contributed by atoms with Crippen LogP contribution in [0.1, 0.15) is 45.4 Å². The lowest BCUT2D eigenvalue weighted by molar-refractivity contribution is -0.0195. The fraction of sp³-hybridized carbons (Fsp3) is 0.667. The molecular formula is C18H27NO3S. The summed E-state index contributed by atoms with van der Waals surface area (Å²) < 4.78 is 30.8. The van der Waals surface area contributed by atoms with Crippen LogP contribution in [0.25, 0.3) is 0 Å². The first-order valence-corrected chi connectivity index (χ1v) is 10.5. The van der Waals surface area contributed by atoms with Gasteiger partial charge in [-0.15, -0.1) is 0 Å². The van der Waals surface area contributed by atoms with Crippen LogP contribution >= 0.6 is 0 Å². The minimum atomic E-state index is -3.18. The predicted molar refractivity (Wildman–Crippen MR) is 92.7 cm³/mol. The summed E-state index contributed by atoms with van der Waals surface area (Å²) in [5, 5.41) is 0. The monoisotopic (exact) mass is 337 g/mol. The summed E-state index contributed by atoms with van der Waals surface area (Å²) in [6, 6.07) is 7.39. The number of nitrogens with zero attached hydrogens (tertiary/aromatic N) is 1. The number of para-hydroxylation sites is 1. The summed E-state index contributed by atoms with van der Waals surface area (Å²) in [6.07, 6.45) is 7.77. The van der Waals surface area contributed by atoms with Crippen LogP contribution in [0, 0.1) is 0 Å². The van der Waals surface area contributed by atoms with Gasteiger partial charge in [0.2, 0.25) is 0 Å². The zero-order valence-electron chi connectivity index (χ0n) is 13.9. The molecule has 0 spiro atoms. The standard InChI is InChI=1S/C18H27NO3S/c1-2-23(20,21)18-10-6-5-9-17(18)19-13-11-16(12-14-19)22-15-7-3-4-8-15/h5-6,9-10,15-16H,2-4,7-8,11-14H2,1H3. The maximum absolute atomic E-state index is 12.3. The van der Waals surface area contributed by atoms with Gasteiger partial charge < -0.3 is 9.64 Å². The first-order chi connectivity index (χ1) is 11.1. The maximum atomic E-state index is 12.3. The topological polar surface area (TPSA) is 46.6 Å². The Kier molecular flexibility index (Phi) is 5.27. The summed E-state index contributed by atoms with van der Waals surface area (Å²) in [6.45, 7) is 3.44. The molecule has 1 saturated heterocycles. The Morgan fingerprint density at radius 1 is 1.04 bits per heavy atom. The molecule has 23 heavy (non-hydrogen) atoms. The Morgan fingerprint density at radius 2 is 1.65 bits per heavy atom. The van der Waals surface area contributed by atoms with Gasteiger partial charge in [0.25, 0.3) is 0 Å². The van der Waals surface area contributed by atoms with Crippen molar-refractivity contribution in [1.29, 1.82) is 0 Å². The highest BCUT2D eigenvalue weighted by atomic mass is 32.2. The summed E-state index contributed by atoms with van der Waals surface area (Å²) >= 11 is 0. The minimum absolute atomic E-state index is 0.144. The third-order valence-corrected chi connectivity index (χ3v) is 6.83. The quantitative estimate of drug-likeness (QED) is 0.826. The molecule has 4 nitrogen and oxygen atoms in total. The molecule has 3 rings (SSSR count). The van der Waals surface area contributed by atoms with Crippen LogP contribution < -0.4 is 4.90 Å². The lowest BCUT2D eigenvalue weighted by Crippen LogP contribution is -2.38. The van der Waals surface area contributed by atoms with E-state index < -0.39 is 9.84 Å². The molecule has 0 aromatic heterocycles. The van der Waals surface area contributed by atoms with Gasteiger partial charge in [-0.05, 0) is 37.8 Å². The highest BCUT2D eigenvalue weighted by Gasteiger charge is 2.27. The first-order valence-electron chi connectivity index (χ1n) is 8.82. The highest BCUT2D eigenvalue weighted by molar-refractivity contribution is 7.91. The van der Waals surface area contributed by atoms with E-state index in [1.807, 2.05) is 18.2 Å². The number of hydrogen-bond acceptors (Lipinski definition) is 4. The Morgan fingerprint density at radius 3 is 2.30 bits per heavy atom. The number of anilines is 1. The molecule has 0 amide bonds. The van der Waals surface area contributed by atoms with Crippen molar-refractivity contribution in [3.05, 3.63) is 24.3 Å². The van der Waals surface area contributed by atoms with Crippen LogP contribution in [0.3, 0.4) is 0 Å². The molecule has 0 N–H and O–H groups in total.